The van der Waals surface area contributed by atoms with Crippen LogP contribution in [0.5, 0.6) is 0 Å². The Hall–Kier alpha value is -2.42. The molecule has 2 aromatic carbocycles. The molecule has 0 saturated carbocycles. The van der Waals surface area contributed by atoms with Gasteiger partial charge in [-0.3, -0.25) is 9.59 Å². The lowest BCUT2D eigenvalue weighted by Gasteiger charge is -2.16. The summed E-state index contributed by atoms with van der Waals surface area (Å²) in [6.45, 7) is 3.90. The van der Waals surface area contributed by atoms with E-state index < -0.39 is 11.7 Å². The lowest BCUT2D eigenvalue weighted by molar-refractivity contribution is -0.114. The first-order chi connectivity index (χ1) is 9.50. The van der Waals surface area contributed by atoms with Crippen molar-refractivity contribution in [2.45, 2.75) is 13.8 Å². The maximum absolute atomic E-state index is 12.2. The van der Waals surface area contributed by atoms with Gasteiger partial charge in [-0.15, -0.1) is 0 Å². The van der Waals surface area contributed by atoms with Crippen molar-refractivity contribution in [2.75, 3.05) is 11.9 Å². The van der Waals surface area contributed by atoms with Gasteiger partial charge in [-0.25, -0.2) is 0 Å². The van der Waals surface area contributed by atoms with Crippen molar-refractivity contribution >= 4 is 17.4 Å². The number of carbonyl (C=O) groups excluding carboxylic acids is 2. The molecule has 0 saturated heterocycles. The molecule has 0 aliphatic carbocycles. The number of para-hydroxylation sites is 1. The van der Waals surface area contributed by atoms with Gasteiger partial charge in [0, 0.05) is 18.3 Å². The molecule has 20 heavy (non-hydrogen) atoms. The molecule has 0 N–H and O–H groups in total. The zero-order valence-corrected chi connectivity index (χ0v) is 11.9. The molecule has 0 unspecified atom stereocenters. The fourth-order valence-corrected chi connectivity index (χ4v) is 1.93. The van der Waals surface area contributed by atoms with Crippen molar-refractivity contribution < 1.29 is 9.59 Å². The first-order valence-corrected chi connectivity index (χ1v) is 6.45. The van der Waals surface area contributed by atoms with Crippen LogP contribution >= 0.6 is 0 Å². The molecule has 0 fully saturated rings. The van der Waals surface area contributed by atoms with Gasteiger partial charge in [0.15, 0.2) is 0 Å². The molecule has 0 bridgehead atoms. The fourth-order valence-electron chi connectivity index (χ4n) is 1.93. The van der Waals surface area contributed by atoms with Gasteiger partial charge < -0.3 is 4.90 Å². The zero-order valence-electron chi connectivity index (χ0n) is 11.9. The van der Waals surface area contributed by atoms with Crippen LogP contribution in [0.15, 0.2) is 48.5 Å². The second-order valence-electron chi connectivity index (χ2n) is 4.83. The standard InChI is InChI=1S/C17H17NO2/c1-12-9-10-14(11-13(12)2)16(19)17(20)18(3)15-7-5-4-6-8-15/h4-11H,1-3H3. The maximum Gasteiger partial charge on any atom is 0.299 e. The van der Waals surface area contributed by atoms with Crippen LogP contribution in [0.25, 0.3) is 0 Å². The Morgan fingerprint density at radius 2 is 1.55 bits per heavy atom. The van der Waals surface area contributed by atoms with Gasteiger partial charge in [-0.2, -0.15) is 0 Å². The van der Waals surface area contributed by atoms with Crippen LogP contribution in [0.4, 0.5) is 5.69 Å². The number of rotatable bonds is 3. The maximum atomic E-state index is 12.2. The van der Waals surface area contributed by atoms with E-state index in [-0.39, 0.29) is 0 Å². The molecule has 0 atom stereocenters. The number of nitrogens with zero attached hydrogens (tertiary/aromatic N) is 1. The summed E-state index contributed by atoms with van der Waals surface area (Å²) in [5.41, 5.74) is 3.24. The summed E-state index contributed by atoms with van der Waals surface area (Å²) in [4.78, 5) is 25.8. The van der Waals surface area contributed by atoms with Crippen LogP contribution in [0.2, 0.25) is 0 Å². The molecule has 0 spiro atoms. The molecule has 102 valence electrons. The predicted octanol–water partition coefficient (Wildman–Crippen LogP) is 3.15. The van der Waals surface area contributed by atoms with E-state index in [9.17, 15) is 9.59 Å². The Morgan fingerprint density at radius 3 is 2.15 bits per heavy atom. The number of Topliss-reactive ketones (excluding diaryl/α,β-unsaturated/α-hetero) is 1. The summed E-state index contributed by atoms with van der Waals surface area (Å²) in [6, 6.07) is 14.4. The van der Waals surface area contributed by atoms with Gasteiger partial charge in [0.05, 0.1) is 0 Å². The van der Waals surface area contributed by atoms with E-state index in [4.69, 9.17) is 0 Å². The summed E-state index contributed by atoms with van der Waals surface area (Å²) < 4.78 is 0. The Labute approximate surface area is 118 Å². The Balaban J connectivity index is 2.24. The second-order valence-corrected chi connectivity index (χ2v) is 4.83. The van der Waals surface area contributed by atoms with Gasteiger partial charge in [0.1, 0.15) is 0 Å². The van der Waals surface area contributed by atoms with Gasteiger partial charge in [0.2, 0.25) is 0 Å². The van der Waals surface area contributed by atoms with Crippen molar-refractivity contribution in [3.05, 3.63) is 65.2 Å². The van der Waals surface area contributed by atoms with E-state index in [1.54, 1.807) is 31.3 Å². The van der Waals surface area contributed by atoms with Crippen molar-refractivity contribution in [1.82, 2.24) is 0 Å². The SMILES string of the molecule is Cc1ccc(C(=O)C(=O)N(C)c2ccccc2)cc1C. The predicted molar refractivity (Wildman–Crippen MR) is 80.1 cm³/mol. The molecule has 0 aromatic heterocycles. The fraction of sp³-hybridized carbons (Fsp3) is 0.176. The second kappa shape index (κ2) is 5.70. The average Bonchev–Trinajstić information content (AvgIpc) is 2.48. The van der Waals surface area contributed by atoms with Gasteiger partial charge >= 0.3 is 0 Å². The summed E-state index contributed by atoms with van der Waals surface area (Å²) in [6.07, 6.45) is 0. The summed E-state index contributed by atoms with van der Waals surface area (Å²) in [5.74, 6) is -1.01. The van der Waals surface area contributed by atoms with E-state index in [1.165, 1.54) is 4.90 Å². The zero-order chi connectivity index (χ0) is 14.7. The van der Waals surface area contributed by atoms with E-state index in [0.717, 1.165) is 11.1 Å². The normalized spacial score (nSPS) is 10.2. The molecule has 2 aromatic rings. The van der Waals surface area contributed by atoms with Crippen molar-refractivity contribution in [3.8, 4) is 0 Å². The van der Waals surface area contributed by atoms with E-state index in [2.05, 4.69) is 0 Å². The third kappa shape index (κ3) is 2.77. The van der Waals surface area contributed by atoms with Gasteiger partial charge in [-0.1, -0.05) is 30.3 Å². The smallest absolute Gasteiger partial charge is 0.299 e. The molecule has 0 heterocycles. The molecule has 0 aliphatic heterocycles. The minimum atomic E-state index is -0.528. The minimum absolute atomic E-state index is 0.431. The van der Waals surface area contributed by atoms with E-state index in [0.29, 0.717) is 11.3 Å². The topological polar surface area (TPSA) is 37.4 Å². The van der Waals surface area contributed by atoms with Crippen molar-refractivity contribution in [3.63, 3.8) is 0 Å². The molecule has 3 nitrogen and oxygen atoms in total. The number of aryl methyl sites for hydroxylation is 2. The first kappa shape index (κ1) is 14.0. The van der Waals surface area contributed by atoms with Crippen molar-refractivity contribution in [2.24, 2.45) is 0 Å². The van der Waals surface area contributed by atoms with Crippen LogP contribution in [0.3, 0.4) is 0 Å². The molecule has 0 aliphatic rings. The first-order valence-electron chi connectivity index (χ1n) is 6.45. The van der Waals surface area contributed by atoms with Gasteiger partial charge in [-0.05, 0) is 43.2 Å². The van der Waals surface area contributed by atoms with E-state index in [1.807, 2.05) is 38.1 Å². The largest absolute Gasteiger partial charge is 0.309 e. The molecular weight excluding hydrogens is 250 g/mol. The Kier molecular flexibility index (Phi) is 3.99. The van der Waals surface area contributed by atoms with Crippen LogP contribution < -0.4 is 4.90 Å². The average molecular weight is 267 g/mol. The molecule has 2 rings (SSSR count). The number of hydrogen-bond acceptors (Lipinski definition) is 2. The highest BCUT2D eigenvalue weighted by Gasteiger charge is 2.21. The molecule has 1 amide bonds. The van der Waals surface area contributed by atoms with Crippen LogP contribution in [-0.2, 0) is 4.79 Å². The van der Waals surface area contributed by atoms with Crippen LogP contribution in [-0.4, -0.2) is 18.7 Å². The van der Waals surface area contributed by atoms with Crippen LogP contribution in [0.1, 0.15) is 21.5 Å². The highest BCUT2D eigenvalue weighted by atomic mass is 16.2. The highest BCUT2D eigenvalue weighted by Crippen LogP contribution is 2.15. The molecule has 0 radical (unpaired) electrons. The number of likely N-dealkylation sites (N-methyl/N-ethyl adjacent to an activating group) is 1. The Morgan fingerprint density at radius 1 is 0.900 bits per heavy atom. The summed E-state index contributed by atoms with van der Waals surface area (Å²) >= 11 is 0. The Bertz CT molecular complexity index is 647. The van der Waals surface area contributed by atoms with Gasteiger partial charge in [0.25, 0.3) is 11.7 Å². The summed E-state index contributed by atoms with van der Waals surface area (Å²) in [7, 11) is 1.61. The van der Waals surface area contributed by atoms with Crippen LogP contribution in [0, 0.1) is 13.8 Å². The third-order valence-corrected chi connectivity index (χ3v) is 3.41. The van der Waals surface area contributed by atoms with Crippen molar-refractivity contribution in [1.29, 1.82) is 0 Å². The molecular formula is C17H17NO2. The summed E-state index contributed by atoms with van der Waals surface area (Å²) in [5, 5.41) is 0. The molecule has 3 heteroatoms. The quantitative estimate of drug-likeness (QED) is 0.633. The number of hydrogen-bond donors (Lipinski definition) is 0. The lowest BCUT2D eigenvalue weighted by atomic mass is 10.0. The minimum Gasteiger partial charge on any atom is -0.309 e. The van der Waals surface area contributed by atoms with E-state index >= 15 is 0 Å². The number of benzene rings is 2. The lowest BCUT2D eigenvalue weighted by Crippen LogP contribution is -2.33. The number of carbonyl (C=O) groups is 2. The monoisotopic (exact) mass is 267 g/mol. The third-order valence-electron chi connectivity index (χ3n) is 3.41. The number of amides is 1. The number of ketones is 1. The number of anilines is 1. The highest BCUT2D eigenvalue weighted by molar-refractivity contribution is 6.47.